The van der Waals surface area contributed by atoms with Gasteiger partial charge in [-0.15, -0.1) is 0 Å². The number of hydrogen-bond acceptors (Lipinski definition) is 2. The number of rotatable bonds is 2. The van der Waals surface area contributed by atoms with Gasteiger partial charge in [0.2, 0.25) is 5.91 Å². The Morgan fingerprint density at radius 3 is 3.08 bits per heavy atom. The summed E-state index contributed by atoms with van der Waals surface area (Å²) in [5.74, 6) is 0.795. The van der Waals surface area contributed by atoms with E-state index in [9.17, 15) is 4.79 Å². The molecule has 12 heavy (non-hydrogen) atoms. The highest BCUT2D eigenvalue weighted by molar-refractivity contribution is 5.82. The molecule has 1 fully saturated rings. The van der Waals surface area contributed by atoms with Crippen LogP contribution in [0.5, 0.6) is 0 Å². The molecule has 68 valence electrons. The van der Waals surface area contributed by atoms with Crippen molar-refractivity contribution in [1.82, 2.24) is 16.0 Å². The van der Waals surface area contributed by atoms with Crippen LogP contribution in [-0.4, -0.2) is 38.0 Å². The first-order valence-corrected chi connectivity index (χ1v) is 3.94. The van der Waals surface area contributed by atoms with Gasteiger partial charge in [-0.1, -0.05) is 0 Å². The highest BCUT2D eigenvalue weighted by Gasteiger charge is 2.17. The summed E-state index contributed by atoms with van der Waals surface area (Å²) < 4.78 is 0. The van der Waals surface area contributed by atoms with Crippen molar-refractivity contribution in [2.45, 2.75) is 13.0 Å². The molecule has 1 amide bonds. The summed E-state index contributed by atoms with van der Waals surface area (Å²) in [7, 11) is 1.72. The molecule has 1 atom stereocenters. The topological polar surface area (TPSA) is 65.5 Å². The summed E-state index contributed by atoms with van der Waals surface area (Å²) >= 11 is 0. The number of hydrogen-bond donors (Lipinski definition) is 3. The zero-order valence-electron chi connectivity index (χ0n) is 7.35. The molecule has 5 heteroatoms. The first-order chi connectivity index (χ1) is 5.72. The number of aliphatic imine (C=N–C) groups is 1. The number of nitrogens with one attached hydrogen (secondary N) is 3. The highest BCUT2D eigenvalue weighted by Crippen LogP contribution is 1.88. The number of carbonyl (C=O) groups is 1. The van der Waals surface area contributed by atoms with Gasteiger partial charge < -0.3 is 16.0 Å². The van der Waals surface area contributed by atoms with E-state index in [1.807, 2.05) is 0 Å². The van der Waals surface area contributed by atoms with Crippen molar-refractivity contribution in [2.24, 2.45) is 4.99 Å². The second kappa shape index (κ2) is 3.94. The van der Waals surface area contributed by atoms with Crippen LogP contribution in [0.4, 0.5) is 0 Å². The smallest absolute Gasteiger partial charge is 0.216 e. The lowest BCUT2D eigenvalue weighted by molar-refractivity contribution is -0.119. The Hall–Kier alpha value is -1.26. The summed E-state index contributed by atoms with van der Waals surface area (Å²) in [6.07, 6.45) is 0. The summed E-state index contributed by atoms with van der Waals surface area (Å²) in [6, 6.07) is 0.257. The van der Waals surface area contributed by atoms with E-state index < -0.39 is 0 Å². The summed E-state index contributed by atoms with van der Waals surface area (Å²) in [5.41, 5.74) is 0. The number of carbonyl (C=O) groups excluding carboxylic acids is 1. The van der Waals surface area contributed by atoms with E-state index in [0.29, 0.717) is 6.54 Å². The fraction of sp³-hybridized carbons (Fsp3) is 0.714. The number of guanidine groups is 1. The van der Waals surface area contributed by atoms with E-state index in [-0.39, 0.29) is 11.9 Å². The first-order valence-electron chi connectivity index (χ1n) is 3.94. The molecule has 0 spiro atoms. The maximum atomic E-state index is 10.6. The van der Waals surface area contributed by atoms with Crippen LogP contribution in [-0.2, 0) is 4.79 Å². The fourth-order valence-corrected chi connectivity index (χ4v) is 1.05. The summed E-state index contributed by atoms with van der Waals surface area (Å²) in [6.45, 7) is 2.96. The Kier molecular flexibility index (Phi) is 2.90. The average Bonchev–Trinajstić information content (AvgIpc) is 2.48. The third-order valence-electron chi connectivity index (χ3n) is 1.68. The molecule has 0 aromatic heterocycles. The van der Waals surface area contributed by atoms with E-state index in [1.165, 1.54) is 6.92 Å². The van der Waals surface area contributed by atoms with Crippen LogP contribution in [0.25, 0.3) is 0 Å². The van der Waals surface area contributed by atoms with Crippen LogP contribution in [0, 0.1) is 0 Å². The van der Waals surface area contributed by atoms with E-state index in [0.717, 1.165) is 12.5 Å². The van der Waals surface area contributed by atoms with Gasteiger partial charge in [0.25, 0.3) is 0 Å². The van der Waals surface area contributed by atoms with Gasteiger partial charge >= 0.3 is 0 Å². The van der Waals surface area contributed by atoms with Gasteiger partial charge in [-0.25, -0.2) is 0 Å². The van der Waals surface area contributed by atoms with E-state index >= 15 is 0 Å². The van der Waals surface area contributed by atoms with Gasteiger partial charge in [0, 0.05) is 27.1 Å². The van der Waals surface area contributed by atoms with Crippen LogP contribution in [0.2, 0.25) is 0 Å². The minimum atomic E-state index is -0.00122. The van der Waals surface area contributed by atoms with Crippen molar-refractivity contribution in [2.75, 3.05) is 20.1 Å². The predicted molar refractivity (Wildman–Crippen MR) is 47.0 cm³/mol. The molecule has 1 rings (SSSR count). The van der Waals surface area contributed by atoms with Crippen molar-refractivity contribution in [3.8, 4) is 0 Å². The quantitative estimate of drug-likeness (QED) is 0.481. The van der Waals surface area contributed by atoms with Crippen molar-refractivity contribution < 1.29 is 4.79 Å². The minimum absolute atomic E-state index is 0.00122. The van der Waals surface area contributed by atoms with Gasteiger partial charge in [-0.2, -0.15) is 0 Å². The van der Waals surface area contributed by atoms with Crippen molar-refractivity contribution in [3.05, 3.63) is 0 Å². The Morgan fingerprint density at radius 2 is 2.58 bits per heavy atom. The molecule has 5 nitrogen and oxygen atoms in total. The molecule has 0 aromatic carbocycles. The molecule has 1 saturated heterocycles. The van der Waals surface area contributed by atoms with Crippen LogP contribution in [0.1, 0.15) is 6.92 Å². The molecule has 1 aliphatic heterocycles. The average molecular weight is 170 g/mol. The molecule has 1 heterocycles. The predicted octanol–water partition coefficient (Wildman–Crippen LogP) is -1.33. The van der Waals surface area contributed by atoms with Crippen molar-refractivity contribution >= 4 is 11.9 Å². The lowest BCUT2D eigenvalue weighted by Gasteiger charge is -2.08. The molecule has 0 radical (unpaired) electrons. The highest BCUT2D eigenvalue weighted by atomic mass is 16.1. The van der Waals surface area contributed by atoms with Gasteiger partial charge in [-0.05, 0) is 0 Å². The molecule has 0 aliphatic carbocycles. The van der Waals surface area contributed by atoms with Gasteiger partial charge in [0.15, 0.2) is 5.96 Å². The molecule has 3 N–H and O–H groups in total. The molecular weight excluding hydrogens is 156 g/mol. The Morgan fingerprint density at radius 1 is 1.83 bits per heavy atom. The van der Waals surface area contributed by atoms with Gasteiger partial charge in [0.05, 0.1) is 6.04 Å². The second-order valence-electron chi connectivity index (χ2n) is 2.73. The van der Waals surface area contributed by atoms with Gasteiger partial charge in [0.1, 0.15) is 0 Å². The van der Waals surface area contributed by atoms with E-state index in [1.54, 1.807) is 7.05 Å². The van der Waals surface area contributed by atoms with Crippen LogP contribution >= 0.6 is 0 Å². The van der Waals surface area contributed by atoms with Crippen LogP contribution < -0.4 is 16.0 Å². The number of amides is 1. The third kappa shape index (κ3) is 2.41. The van der Waals surface area contributed by atoms with Crippen molar-refractivity contribution in [3.63, 3.8) is 0 Å². The largest absolute Gasteiger partial charge is 0.354 e. The molecule has 1 aliphatic rings. The standard InChI is InChI=1S/C7H14N4O/c1-5(12)9-3-6-4-10-7(8-2)11-6/h6H,3-4H2,1-2H3,(H,9,12)(H2,8,10,11). The normalized spacial score (nSPS) is 24.8. The van der Waals surface area contributed by atoms with Crippen molar-refractivity contribution in [1.29, 1.82) is 0 Å². The fourth-order valence-electron chi connectivity index (χ4n) is 1.05. The lowest BCUT2D eigenvalue weighted by Crippen LogP contribution is -2.38. The summed E-state index contributed by atoms with van der Waals surface area (Å²) in [5, 5.41) is 8.92. The Labute approximate surface area is 71.6 Å². The maximum Gasteiger partial charge on any atom is 0.216 e. The summed E-state index contributed by atoms with van der Waals surface area (Å²) in [4.78, 5) is 14.5. The maximum absolute atomic E-state index is 10.6. The Bertz CT molecular complexity index is 202. The van der Waals surface area contributed by atoms with Crippen LogP contribution in [0.3, 0.4) is 0 Å². The molecule has 0 bridgehead atoms. The van der Waals surface area contributed by atoms with E-state index in [4.69, 9.17) is 0 Å². The third-order valence-corrected chi connectivity index (χ3v) is 1.68. The Balaban J connectivity index is 2.24. The monoisotopic (exact) mass is 170 g/mol. The molecular formula is C7H14N4O. The zero-order chi connectivity index (χ0) is 8.97. The van der Waals surface area contributed by atoms with Crippen LogP contribution in [0.15, 0.2) is 4.99 Å². The minimum Gasteiger partial charge on any atom is -0.354 e. The second-order valence-corrected chi connectivity index (χ2v) is 2.73. The van der Waals surface area contributed by atoms with E-state index in [2.05, 4.69) is 20.9 Å². The molecule has 0 aromatic rings. The molecule has 0 saturated carbocycles. The molecule has 1 unspecified atom stereocenters. The van der Waals surface area contributed by atoms with Gasteiger partial charge in [-0.3, -0.25) is 9.79 Å². The lowest BCUT2D eigenvalue weighted by atomic mass is 10.3. The SMILES string of the molecule is CN=C1NCC(CNC(C)=O)N1. The zero-order valence-corrected chi connectivity index (χ0v) is 7.35. The first kappa shape index (κ1) is 8.83. The number of nitrogens with zero attached hydrogens (tertiary/aromatic N) is 1.